The second kappa shape index (κ2) is 4.55. The molecule has 0 saturated heterocycles. The Hall–Kier alpha value is -1.07. The number of nitrogen functional groups attached to an aromatic ring is 1. The minimum atomic E-state index is -3.45. The van der Waals surface area contributed by atoms with Gasteiger partial charge in [-0.15, -0.1) is 0 Å². The van der Waals surface area contributed by atoms with Gasteiger partial charge in [0.15, 0.2) is 0 Å². The molecule has 18 heavy (non-hydrogen) atoms. The number of anilines is 1. The Morgan fingerprint density at radius 2 is 2.06 bits per heavy atom. The third kappa shape index (κ3) is 2.52. The van der Waals surface area contributed by atoms with Crippen molar-refractivity contribution < 1.29 is 8.42 Å². The van der Waals surface area contributed by atoms with Gasteiger partial charge in [-0.2, -0.15) is 0 Å². The normalized spacial score (nSPS) is 23.1. The van der Waals surface area contributed by atoms with Crippen molar-refractivity contribution in [3.05, 3.63) is 23.3 Å². The fourth-order valence-corrected chi connectivity index (χ4v) is 3.91. The van der Waals surface area contributed by atoms with E-state index in [2.05, 4.69) is 11.6 Å². The molecule has 0 bridgehead atoms. The van der Waals surface area contributed by atoms with E-state index in [4.69, 9.17) is 5.73 Å². The molecular formula is C13H20N2O2S. The fraction of sp³-hybridized carbons (Fsp3) is 0.538. The van der Waals surface area contributed by atoms with Crippen molar-refractivity contribution in [3.63, 3.8) is 0 Å². The van der Waals surface area contributed by atoms with Crippen LogP contribution < -0.4 is 10.5 Å². The molecule has 100 valence electrons. The van der Waals surface area contributed by atoms with Crippen LogP contribution >= 0.6 is 0 Å². The monoisotopic (exact) mass is 268 g/mol. The first-order chi connectivity index (χ1) is 8.35. The summed E-state index contributed by atoms with van der Waals surface area (Å²) in [6.45, 7) is 5.76. The Kier molecular flexibility index (Phi) is 3.38. The van der Waals surface area contributed by atoms with Crippen molar-refractivity contribution >= 4 is 15.7 Å². The molecule has 0 radical (unpaired) electrons. The second-order valence-corrected chi connectivity index (χ2v) is 6.78. The van der Waals surface area contributed by atoms with Crippen LogP contribution in [0.4, 0.5) is 5.69 Å². The summed E-state index contributed by atoms with van der Waals surface area (Å²) < 4.78 is 27.4. The summed E-state index contributed by atoms with van der Waals surface area (Å²) in [5.74, 6) is 0.488. The summed E-state index contributed by atoms with van der Waals surface area (Å²) >= 11 is 0. The lowest BCUT2D eigenvalue weighted by atomic mass is 10.1. The highest BCUT2D eigenvalue weighted by atomic mass is 32.2. The minimum Gasteiger partial charge on any atom is -0.399 e. The lowest BCUT2D eigenvalue weighted by Gasteiger charge is -2.12. The van der Waals surface area contributed by atoms with Crippen molar-refractivity contribution in [2.24, 2.45) is 5.92 Å². The number of hydrogen-bond donors (Lipinski definition) is 2. The Bertz CT molecular complexity index is 567. The van der Waals surface area contributed by atoms with Gasteiger partial charge in [0.1, 0.15) is 0 Å². The Morgan fingerprint density at radius 3 is 2.61 bits per heavy atom. The summed E-state index contributed by atoms with van der Waals surface area (Å²) in [4.78, 5) is 0.307. The number of rotatable bonds is 4. The third-order valence-corrected chi connectivity index (χ3v) is 5.30. The molecular weight excluding hydrogens is 248 g/mol. The standard InChI is InChI=1S/C13H20N2O2S/c1-4-10-6-12(10)15-18(16,17)13-7-11(14)5-8(2)9(13)3/h5,7,10,12,15H,4,6,14H2,1-3H3. The van der Waals surface area contributed by atoms with Crippen molar-refractivity contribution in [2.45, 2.75) is 44.6 Å². The summed E-state index contributed by atoms with van der Waals surface area (Å²) in [7, 11) is -3.45. The molecule has 1 aliphatic rings. The molecule has 1 fully saturated rings. The SMILES string of the molecule is CCC1CC1NS(=O)(=O)c1cc(N)cc(C)c1C. The van der Waals surface area contributed by atoms with Gasteiger partial charge in [-0.1, -0.05) is 13.3 Å². The van der Waals surface area contributed by atoms with Gasteiger partial charge in [-0.05, 0) is 49.4 Å². The Balaban J connectivity index is 2.30. The average Bonchev–Trinajstić information content (AvgIpc) is 3.00. The zero-order valence-corrected chi connectivity index (χ0v) is 11.8. The number of hydrogen-bond acceptors (Lipinski definition) is 3. The van der Waals surface area contributed by atoms with Crippen LogP contribution in [-0.4, -0.2) is 14.5 Å². The van der Waals surface area contributed by atoms with Crippen molar-refractivity contribution in [1.82, 2.24) is 4.72 Å². The van der Waals surface area contributed by atoms with Crippen LogP contribution in [0.1, 0.15) is 30.9 Å². The number of benzene rings is 1. The first-order valence-corrected chi connectivity index (χ1v) is 7.72. The maximum absolute atomic E-state index is 12.3. The van der Waals surface area contributed by atoms with E-state index in [1.54, 1.807) is 6.07 Å². The smallest absolute Gasteiger partial charge is 0.241 e. The molecule has 0 amide bonds. The van der Waals surface area contributed by atoms with Crippen molar-refractivity contribution in [1.29, 1.82) is 0 Å². The van der Waals surface area contributed by atoms with E-state index in [1.807, 2.05) is 13.8 Å². The van der Waals surface area contributed by atoms with Gasteiger partial charge in [0.2, 0.25) is 10.0 Å². The van der Waals surface area contributed by atoms with E-state index in [1.165, 1.54) is 6.07 Å². The number of aryl methyl sites for hydroxylation is 1. The van der Waals surface area contributed by atoms with Crippen LogP contribution in [-0.2, 0) is 10.0 Å². The van der Waals surface area contributed by atoms with Crippen LogP contribution in [0.15, 0.2) is 17.0 Å². The molecule has 2 rings (SSSR count). The average molecular weight is 268 g/mol. The first-order valence-electron chi connectivity index (χ1n) is 6.24. The molecule has 1 aromatic carbocycles. The van der Waals surface area contributed by atoms with Crippen LogP contribution in [0.3, 0.4) is 0 Å². The topological polar surface area (TPSA) is 72.2 Å². The maximum atomic E-state index is 12.3. The molecule has 1 aromatic rings. The fourth-order valence-electron chi connectivity index (χ4n) is 2.24. The number of nitrogens with two attached hydrogens (primary N) is 1. The summed E-state index contributed by atoms with van der Waals surface area (Å²) in [5.41, 5.74) is 7.89. The first kappa shape index (κ1) is 13.4. The molecule has 0 aromatic heterocycles. The molecule has 0 aliphatic heterocycles. The summed E-state index contributed by atoms with van der Waals surface area (Å²) in [5, 5.41) is 0. The lowest BCUT2D eigenvalue weighted by Crippen LogP contribution is -2.28. The molecule has 4 nitrogen and oxygen atoms in total. The van der Waals surface area contributed by atoms with Crippen LogP contribution in [0.5, 0.6) is 0 Å². The Labute approximate surface area is 109 Å². The molecule has 2 atom stereocenters. The molecule has 0 heterocycles. The summed E-state index contributed by atoms with van der Waals surface area (Å²) in [6.07, 6.45) is 1.96. The summed E-state index contributed by atoms with van der Waals surface area (Å²) in [6, 6.07) is 3.43. The molecule has 1 saturated carbocycles. The zero-order chi connectivity index (χ0) is 13.5. The molecule has 5 heteroatoms. The minimum absolute atomic E-state index is 0.0983. The zero-order valence-electron chi connectivity index (χ0n) is 11.0. The molecule has 0 spiro atoms. The van der Waals surface area contributed by atoms with Gasteiger partial charge >= 0.3 is 0 Å². The van der Waals surface area contributed by atoms with Crippen LogP contribution in [0, 0.1) is 19.8 Å². The number of nitrogens with one attached hydrogen (secondary N) is 1. The van der Waals surface area contributed by atoms with Gasteiger partial charge in [0.05, 0.1) is 4.90 Å². The van der Waals surface area contributed by atoms with E-state index < -0.39 is 10.0 Å². The highest BCUT2D eigenvalue weighted by molar-refractivity contribution is 7.89. The van der Waals surface area contributed by atoms with Crippen molar-refractivity contribution in [2.75, 3.05) is 5.73 Å². The third-order valence-electron chi connectivity index (χ3n) is 3.69. The predicted octanol–water partition coefficient (Wildman–Crippen LogP) is 1.96. The maximum Gasteiger partial charge on any atom is 0.241 e. The molecule has 1 aliphatic carbocycles. The quantitative estimate of drug-likeness (QED) is 0.820. The van der Waals surface area contributed by atoms with E-state index in [9.17, 15) is 8.42 Å². The highest BCUT2D eigenvalue weighted by Gasteiger charge is 2.39. The van der Waals surface area contributed by atoms with Crippen LogP contribution in [0.2, 0.25) is 0 Å². The van der Waals surface area contributed by atoms with Gasteiger partial charge in [-0.25, -0.2) is 13.1 Å². The lowest BCUT2D eigenvalue weighted by molar-refractivity contribution is 0.575. The van der Waals surface area contributed by atoms with Gasteiger partial charge in [-0.3, -0.25) is 0 Å². The van der Waals surface area contributed by atoms with E-state index in [0.717, 1.165) is 24.0 Å². The van der Waals surface area contributed by atoms with E-state index >= 15 is 0 Å². The van der Waals surface area contributed by atoms with Gasteiger partial charge in [0.25, 0.3) is 0 Å². The molecule has 2 unspecified atom stereocenters. The largest absolute Gasteiger partial charge is 0.399 e. The highest BCUT2D eigenvalue weighted by Crippen LogP contribution is 2.35. The van der Waals surface area contributed by atoms with Gasteiger partial charge in [0, 0.05) is 11.7 Å². The predicted molar refractivity (Wildman–Crippen MR) is 72.8 cm³/mol. The van der Waals surface area contributed by atoms with Gasteiger partial charge < -0.3 is 5.73 Å². The second-order valence-electron chi connectivity index (χ2n) is 5.09. The van der Waals surface area contributed by atoms with Crippen molar-refractivity contribution in [3.8, 4) is 0 Å². The van der Waals surface area contributed by atoms with E-state index in [-0.39, 0.29) is 6.04 Å². The van der Waals surface area contributed by atoms with E-state index in [0.29, 0.717) is 16.5 Å². The molecule has 3 N–H and O–H groups in total. The number of sulfonamides is 1. The van der Waals surface area contributed by atoms with Crippen LogP contribution in [0.25, 0.3) is 0 Å². The Morgan fingerprint density at radius 1 is 1.39 bits per heavy atom.